The second-order valence-electron chi connectivity index (χ2n) is 11.1. The third-order valence-electron chi connectivity index (χ3n) is 7.35. The Labute approximate surface area is 203 Å². The first-order chi connectivity index (χ1) is 16.8. The van der Waals surface area contributed by atoms with Crippen molar-refractivity contribution in [2.45, 2.75) is 34.1 Å². The molecule has 168 valence electrons. The van der Waals surface area contributed by atoms with Crippen LogP contribution in [0.1, 0.15) is 37.5 Å². The zero-order chi connectivity index (χ0) is 24.1. The highest BCUT2D eigenvalue weighted by molar-refractivity contribution is 6.29. The van der Waals surface area contributed by atoms with Crippen LogP contribution in [-0.2, 0) is 6.42 Å². The molecule has 7 aromatic rings. The van der Waals surface area contributed by atoms with Crippen LogP contribution >= 0.6 is 0 Å². The highest BCUT2D eigenvalue weighted by Gasteiger charge is 2.24. The predicted molar refractivity (Wildman–Crippen MR) is 147 cm³/mol. The quantitative estimate of drug-likeness (QED) is 0.186. The largest absolute Gasteiger partial charge is 0.308 e. The summed E-state index contributed by atoms with van der Waals surface area (Å²) in [6.45, 7) is 9.09. The lowest BCUT2D eigenvalue weighted by molar-refractivity contribution is 0.413. The van der Waals surface area contributed by atoms with Crippen molar-refractivity contribution in [3.63, 3.8) is 0 Å². The number of benzene rings is 4. The molecule has 0 aliphatic heterocycles. The van der Waals surface area contributed by atoms with Crippen molar-refractivity contribution < 1.29 is 0 Å². The zero-order valence-electron chi connectivity index (χ0n) is 20.4. The molecule has 7 rings (SSSR count). The summed E-state index contributed by atoms with van der Waals surface area (Å²) in [4.78, 5) is 4.96. The fourth-order valence-corrected chi connectivity index (χ4v) is 5.99. The van der Waals surface area contributed by atoms with E-state index in [1.165, 1.54) is 59.9 Å². The lowest BCUT2D eigenvalue weighted by atomic mass is 9.84. The van der Waals surface area contributed by atoms with Crippen LogP contribution in [0.3, 0.4) is 0 Å². The van der Waals surface area contributed by atoms with E-state index < -0.39 is 0 Å². The van der Waals surface area contributed by atoms with Gasteiger partial charge in [0.25, 0.3) is 0 Å². The number of nitriles is 1. The van der Waals surface area contributed by atoms with Crippen LogP contribution in [-0.4, -0.2) is 9.38 Å². The molecule has 0 spiro atoms. The molecule has 4 aromatic carbocycles. The number of nitrogens with zero attached hydrogens (tertiary/aromatic N) is 3. The number of pyridine rings is 2. The van der Waals surface area contributed by atoms with Gasteiger partial charge in [0.15, 0.2) is 0 Å². The molecule has 3 aromatic heterocycles. The Kier molecular flexibility index (Phi) is 3.88. The van der Waals surface area contributed by atoms with Gasteiger partial charge in [-0.25, -0.2) is 0 Å². The predicted octanol–water partition coefficient (Wildman–Crippen LogP) is 8.31. The third-order valence-corrected chi connectivity index (χ3v) is 7.35. The van der Waals surface area contributed by atoms with E-state index in [1.807, 2.05) is 18.3 Å². The fraction of sp³-hybridized carbons (Fsp3) is 0.188. The zero-order valence-corrected chi connectivity index (χ0v) is 20.4. The smallest absolute Gasteiger partial charge is 0.0992 e. The Balaban J connectivity index is 1.89. The molecule has 0 aliphatic rings. The average molecular weight is 452 g/mol. The van der Waals surface area contributed by atoms with Crippen LogP contribution in [0.15, 0.2) is 66.9 Å². The van der Waals surface area contributed by atoms with Crippen molar-refractivity contribution in [2.75, 3.05) is 0 Å². The molecule has 3 heteroatoms. The van der Waals surface area contributed by atoms with E-state index in [0.29, 0.717) is 5.56 Å². The van der Waals surface area contributed by atoms with Crippen LogP contribution < -0.4 is 0 Å². The summed E-state index contributed by atoms with van der Waals surface area (Å²) in [6.07, 6.45) is 2.87. The molecular formula is C32H25N3. The van der Waals surface area contributed by atoms with Gasteiger partial charge in [0.2, 0.25) is 0 Å². The van der Waals surface area contributed by atoms with E-state index in [4.69, 9.17) is 4.98 Å². The molecule has 0 fully saturated rings. The molecule has 0 N–H and O–H groups in total. The number of fused-ring (bicyclic) bond motifs is 7. The molecule has 0 radical (unpaired) electrons. The molecule has 0 saturated heterocycles. The van der Waals surface area contributed by atoms with Crippen molar-refractivity contribution in [3.8, 4) is 6.07 Å². The molecule has 0 unspecified atom stereocenters. The highest BCUT2D eigenvalue weighted by atomic mass is 14.9. The maximum Gasteiger partial charge on any atom is 0.0992 e. The van der Waals surface area contributed by atoms with Gasteiger partial charge in [-0.15, -0.1) is 0 Å². The van der Waals surface area contributed by atoms with Crippen LogP contribution in [0.25, 0.3) is 59.8 Å². The first kappa shape index (κ1) is 20.2. The van der Waals surface area contributed by atoms with Gasteiger partial charge in [-0.05, 0) is 64.7 Å². The molecular weight excluding hydrogens is 426 g/mol. The number of hydrogen-bond acceptors (Lipinski definition) is 2. The van der Waals surface area contributed by atoms with Gasteiger partial charge in [-0.3, -0.25) is 4.98 Å². The maximum atomic E-state index is 9.72. The second kappa shape index (κ2) is 6.71. The van der Waals surface area contributed by atoms with E-state index >= 15 is 0 Å². The third kappa shape index (κ3) is 2.74. The highest BCUT2D eigenvalue weighted by Crippen LogP contribution is 2.44. The first-order valence-electron chi connectivity index (χ1n) is 12.2. The minimum atomic E-state index is 0.0993. The lowest BCUT2D eigenvalue weighted by Gasteiger charge is -2.23. The maximum absolute atomic E-state index is 9.72. The summed E-state index contributed by atoms with van der Waals surface area (Å²) in [6, 6.07) is 24.1. The standard InChI is InChI=1S/C32H25N3/c1-18-5-7-21-15-25-29-28-20(11-12-34-29)8-10-23-22-9-6-19(17-33)14-27(22)35(31(23)28)30(25)26(24(21)13-18)16-32(2,3)4/h5-15H,16H2,1-4H3. The Morgan fingerprint density at radius 1 is 0.829 bits per heavy atom. The summed E-state index contributed by atoms with van der Waals surface area (Å²) in [5, 5.41) is 18.2. The monoisotopic (exact) mass is 451 g/mol. The fourth-order valence-electron chi connectivity index (χ4n) is 5.99. The summed E-state index contributed by atoms with van der Waals surface area (Å²) >= 11 is 0. The average Bonchev–Trinajstić information content (AvgIpc) is 3.17. The Morgan fingerprint density at radius 2 is 1.63 bits per heavy atom. The van der Waals surface area contributed by atoms with Crippen molar-refractivity contribution >= 4 is 59.8 Å². The van der Waals surface area contributed by atoms with E-state index in [0.717, 1.165) is 17.5 Å². The Bertz CT molecular complexity index is 2030. The normalized spacial score (nSPS) is 12.7. The van der Waals surface area contributed by atoms with Crippen LogP contribution in [0.5, 0.6) is 0 Å². The molecule has 0 saturated carbocycles. The van der Waals surface area contributed by atoms with Crippen molar-refractivity contribution in [2.24, 2.45) is 5.41 Å². The van der Waals surface area contributed by atoms with Gasteiger partial charge < -0.3 is 4.40 Å². The molecule has 0 amide bonds. The minimum Gasteiger partial charge on any atom is -0.308 e. The van der Waals surface area contributed by atoms with Gasteiger partial charge in [0, 0.05) is 27.7 Å². The van der Waals surface area contributed by atoms with Crippen LogP contribution in [0, 0.1) is 23.7 Å². The van der Waals surface area contributed by atoms with Gasteiger partial charge in [-0.1, -0.05) is 62.7 Å². The molecule has 3 nitrogen and oxygen atoms in total. The summed E-state index contributed by atoms with van der Waals surface area (Å²) in [5.74, 6) is 0. The van der Waals surface area contributed by atoms with E-state index in [-0.39, 0.29) is 5.41 Å². The second-order valence-corrected chi connectivity index (χ2v) is 11.1. The van der Waals surface area contributed by atoms with E-state index in [2.05, 4.69) is 86.7 Å². The van der Waals surface area contributed by atoms with Gasteiger partial charge in [0.1, 0.15) is 0 Å². The van der Waals surface area contributed by atoms with E-state index in [1.54, 1.807) is 0 Å². The molecule has 0 atom stereocenters. The van der Waals surface area contributed by atoms with Crippen LogP contribution in [0.4, 0.5) is 0 Å². The first-order valence-corrected chi connectivity index (χ1v) is 12.2. The topological polar surface area (TPSA) is 41.1 Å². The Morgan fingerprint density at radius 3 is 2.43 bits per heavy atom. The van der Waals surface area contributed by atoms with Gasteiger partial charge >= 0.3 is 0 Å². The molecule has 3 heterocycles. The summed E-state index contributed by atoms with van der Waals surface area (Å²) in [5.41, 5.74) is 7.95. The van der Waals surface area contributed by atoms with Gasteiger partial charge in [-0.2, -0.15) is 5.26 Å². The van der Waals surface area contributed by atoms with Crippen molar-refractivity contribution in [3.05, 3.63) is 83.6 Å². The van der Waals surface area contributed by atoms with Crippen LogP contribution in [0.2, 0.25) is 0 Å². The summed E-state index contributed by atoms with van der Waals surface area (Å²) in [7, 11) is 0. The van der Waals surface area contributed by atoms with Crippen molar-refractivity contribution in [1.82, 2.24) is 9.38 Å². The number of aromatic nitrogens is 2. The van der Waals surface area contributed by atoms with Gasteiger partial charge in [0.05, 0.1) is 33.7 Å². The van der Waals surface area contributed by atoms with E-state index in [9.17, 15) is 5.26 Å². The Hall–Kier alpha value is -4.16. The minimum absolute atomic E-state index is 0.0993. The summed E-state index contributed by atoms with van der Waals surface area (Å²) < 4.78 is 2.43. The van der Waals surface area contributed by atoms with Crippen molar-refractivity contribution in [1.29, 1.82) is 5.26 Å². The number of rotatable bonds is 1. The SMILES string of the molecule is Cc1ccc2cc3c4nccc5ccc6c7ccc(C#N)cc7n(c3c(CC(C)(C)C)c2c1)c6c54. The lowest BCUT2D eigenvalue weighted by Crippen LogP contribution is -2.11. The number of aryl methyl sites for hydroxylation is 1. The molecule has 0 bridgehead atoms. The molecule has 35 heavy (non-hydrogen) atoms. The number of hydrogen-bond donors (Lipinski definition) is 0. The molecule has 0 aliphatic carbocycles.